The van der Waals surface area contributed by atoms with E-state index < -0.39 is 0 Å². The Hall–Kier alpha value is -0.530. The van der Waals surface area contributed by atoms with E-state index in [-0.39, 0.29) is 5.54 Å². The fourth-order valence-corrected chi connectivity index (χ4v) is 1.25. The van der Waals surface area contributed by atoms with Crippen LogP contribution in [0.15, 0.2) is 4.99 Å². The number of hydrogen-bond donors (Lipinski definition) is 1. The molecule has 1 heterocycles. The highest BCUT2D eigenvalue weighted by Crippen LogP contribution is 2.28. The molecule has 0 aromatic rings. The molecule has 1 aliphatic rings. The Kier molecular flexibility index (Phi) is 1.71. The molecule has 0 saturated carbocycles. The zero-order chi connectivity index (χ0) is 7.78. The first-order valence-corrected chi connectivity index (χ1v) is 3.86. The van der Waals surface area contributed by atoms with Gasteiger partial charge in [0, 0.05) is 6.42 Å². The molecule has 58 valence electrons. The maximum Gasteiger partial charge on any atom is 0.0943 e. The molecule has 0 amide bonds. The van der Waals surface area contributed by atoms with Crippen molar-refractivity contribution in [3.05, 3.63) is 0 Å². The summed E-state index contributed by atoms with van der Waals surface area (Å²) in [7, 11) is 0. The summed E-state index contributed by atoms with van der Waals surface area (Å²) < 4.78 is 0. The first-order valence-electron chi connectivity index (χ1n) is 3.86. The maximum atomic E-state index is 5.62. The number of hydrogen-bond acceptors (Lipinski definition) is 2. The van der Waals surface area contributed by atoms with Crippen LogP contribution in [0.3, 0.4) is 0 Å². The second-order valence-corrected chi connectivity index (χ2v) is 3.70. The molecule has 0 saturated heterocycles. The average Bonchev–Trinajstić information content (AvgIpc) is 1.78. The number of aliphatic imine (C=N–C) groups is 1. The normalized spacial score (nSPS) is 31.5. The molecule has 1 rings (SSSR count). The van der Waals surface area contributed by atoms with Gasteiger partial charge in [-0.05, 0) is 26.2 Å². The Bertz CT molecular complexity index is 159. The van der Waals surface area contributed by atoms with Crippen LogP contribution in [0.4, 0.5) is 0 Å². The summed E-state index contributed by atoms with van der Waals surface area (Å²) >= 11 is 0. The highest BCUT2D eigenvalue weighted by Gasteiger charge is 2.28. The van der Waals surface area contributed by atoms with Gasteiger partial charge in [-0.15, -0.1) is 0 Å². The van der Waals surface area contributed by atoms with E-state index in [9.17, 15) is 0 Å². The summed E-state index contributed by atoms with van der Waals surface area (Å²) in [5.41, 5.74) is 5.69. The molecule has 10 heavy (non-hydrogen) atoms. The molecule has 0 aromatic carbocycles. The number of nitrogens with zero attached hydrogens (tertiary/aromatic N) is 1. The van der Waals surface area contributed by atoms with Crippen molar-refractivity contribution < 1.29 is 0 Å². The predicted molar refractivity (Wildman–Crippen MR) is 44.1 cm³/mol. The van der Waals surface area contributed by atoms with Crippen molar-refractivity contribution in [2.75, 3.05) is 0 Å². The zero-order valence-electron chi connectivity index (χ0n) is 7.02. The molecule has 2 nitrogen and oxygen atoms in total. The summed E-state index contributed by atoms with van der Waals surface area (Å²) in [5, 5.41) is 0. The number of amidine groups is 1. The summed E-state index contributed by atoms with van der Waals surface area (Å²) in [6, 6.07) is 0. The molecule has 0 radical (unpaired) electrons. The highest BCUT2D eigenvalue weighted by atomic mass is 14.9. The van der Waals surface area contributed by atoms with Crippen LogP contribution in [0.25, 0.3) is 0 Å². The van der Waals surface area contributed by atoms with Crippen molar-refractivity contribution >= 4 is 5.84 Å². The van der Waals surface area contributed by atoms with E-state index in [2.05, 4.69) is 25.8 Å². The van der Waals surface area contributed by atoms with Crippen LogP contribution in [0.5, 0.6) is 0 Å². The fraction of sp³-hybridized carbons (Fsp3) is 0.875. The van der Waals surface area contributed by atoms with Gasteiger partial charge in [0.05, 0.1) is 11.4 Å². The highest BCUT2D eigenvalue weighted by molar-refractivity contribution is 5.81. The van der Waals surface area contributed by atoms with E-state index in [1.165, 1.54) is 6.42 Å². The average molecular weight is 140 g/mol. The third kappa shape index (κ3) is 1.31. The number of rotatable bonds is 0. The molecule has 2 N–H and O–H groups in total. The Morgan fingerprint density at radius 1 is 1.60 bits per heavy atom. The molecule has 0 aromatic heterocycles. The van der Waals surface area contributed by atoms with Crippen LogP contribution in [0.2, 0.25) is 0 Å². The molecule has 2 heteroatoms. The largest absolute Gasteiger partial charge is 0.387 e. The lowest BCUT2D eigenvalue weighted by Crippen LogP contribution is -2.35. The van der Waals surface area contributed by atoms with E-state index in [0.29, 0.717) is 5.92 Å². The quantitative estimate of drug-likeness (QED) is 0.544. The van der Waals surface area contributed by atoms with Crippen molar-refractivity contribution in [3.63, 3.8) is 0 Å². The molecule has 0 fully saturated rings. The molecule has 0 aliphatic carbocycles. The van der Waals surface area contributed by atoms with E-state index in [0.717, 1.165) is 12.3 Å². The van der Waals surface area contributed by atoms with E-state index >= 15 is 0 Å². The summed E-state index contributed by atoms with van der Waals surface area (Å²) in [6.45, 7) is 6.52. The van der Waals surface area contributed by atoms with Gasteiger partial charge in [0.2, 0.25) is 0 Å². The minimum atomic E-state index is 0.0718. The van der Waals surface area contributed by atoms with Gasteiger partial charge in [0.15, 0.2) is 0 Å². The van der Waals surface area contributed by atoms with Crippen molar-refractivity contribution in [2.24, 2.45) is 16.6 Å². The lowest BCUT2D eigenvalue weighted by atomic mass is 9.83. The Morgan fingerprint density at radius 3 is 2.60 bits per heavy atom. The first-order chi connectivity index (χ1) is 4.52. The zero-order valence-corrected chi connectivity index (χ0v) is 7.02. The minimum Gasteiger partial charge on any atom is -0.387 e. The van der Waals surface area contributed by atoms with Gasteiger partial charge in [-0.1, -0.05) is 6.92 Å². The monoisotopic (exact) mass is 140 g/mol. The van der Waals surface area contributed by atoms with E-state index in [4.69, 9.17) is 5.73 Å². The molecule has 0 bridgehead atoms. The predicted octanol–water partition coefficient (Wildman–Crippen LogP) is 1.55. The lowest BCUT2D eigenvalue weighted by Gasteiger charge is -2.32. The smallest absolute Gasteiger partial charge is 0.0943 e. The lowest BCUT2D eigenvalue weighted by molar-refractivity contribution is 0.318. The molecule has 0 spiro atoms. The van der Waals surface area contributed by atoms with E-state index in [1.807, 2.05) is 0 Å². The van der Waals surface area contributed by atoms with Gasteiger partial charge in [-0.25, -0.2) is 0 Å². The maximum absolute atomic E-state index is 5.62. The second kappa shape index (κ2) is 2.26. The first kappa shape index (κ1) is 7.58. The van der Waals surface area contributed by atoms with Gasteiger partial charge in [0.1, 0.15) is 0 Å². The van der Waals surface area contributed by atoms with E-state index in [1.54, 1.807) is 0 Å². The number of nitrogens with two attached hydrogens (primary N) is 1. The topological polar surface area (TPSA) is 38.4 Å². The summed E-state index contributed by atoms with van der Waals surface area (Å²) in [5.74, 6) is 1.49. The van der Waals surface area contributed by atoms with Gasteiger partial charge >= 0.3 is 0 Å². The van der Waals surface area contributed by atoms with Crippen molar-refractivity contribution in [2.45, 2.75) is 39.2 Å². The summed E-state index contributed by atoms with van der Waals surface area (Å²) in [6.07, 6.45) is 2.16. The van der Waals surface area contributed by atoms with Crippen LogP contribution < -0.4 is 5.73 Å². The third-order valence-electron chi connectivity index (χ3n) is 2.47. The fourth-order valence-electron chi connectivity index (χ4n) is 1.25. The van der Waals surface area contributed by atoms with Crippen LogP contribution in [-0.4, -0.2) is 11.4 Å². The summed E-state index contributed by atoms with van der Waals surface area (Å²) in [4.78, 5) is 4.39. The van der Waals surface area contributed by atoms with Crippen LogP contribution in [0.1, 0.15) is 33.6 Å². The SMILES string of the molecule is CC1CCC(N)=NC1(C)C. The Balaban J connectivity index is 2.79. The van der Waals surface area contributed by atoms with Gasteiger partial charge in [-0.3, -0.25) is 4.99 Å². The second-order valence-electron chi connectivity index (χ2n) is 3.70. The standard InChI is InChI=1S/C8H16N2/c1-6-4-5-7(9)10-8(6,2)3/h6H,4-5H2,1-3H3,(H2,9,10). The Morgan fingerprint density at radius 2 is 2.20 bits per heavy atom. The van der Waals surface area contributed by atoms with Crippen LogP contribution in [-0.2, 0) is 0 Å². The van der Waals surface area contributed by atoms with Crippen molar-refractivity contribution in [1.82, 2.24) is 0 Å². The van der Waals surface area contributed by atoms with Gasteiger partial charge in [-0.2, -0.15) is 0 Å². The van der Waals surface area contributed by atoms with Crippen molar-refractivity contribution in [1.29, 1.82) is 0 Å². The Labute approximate surface area is 62.5 Å². The molecule has 1 atom stereocenters. The minimum absolute atomic E-state index is 0.0718. The van der Waals surface area contributed by atoms with Gasteiger partial charge < -0.3 is 5.73 Å². The molecule has 1 aliphatic heterocycles. The van der Waals surface area contributed by atoms with Crippen LogP contribution in [0, 0.1) is 5.92 Å². The molecular weight excluding hydrogens is 124 g/mol. The van der Waals surface area contributed by atoms with Crippen molar-refractivity contribution in [3.8, 4) is 0 Å². The third-order valence-corrected chi connectivity index (χ3v) is 2.47. The van der Waals surface area contributed by atoms with Crippen LogP contribution >= 0.6 is 0 Å². The molecular formula is C8H16N2. The van der Waals surface area contributed by atoms with Gasteiger partial charge in [0.25, 0.3) is 0 Å². The molecule has 1 unspecified atom stereocenters.